The highest BCUT2D eigenvalue weighted by atomic mass is 35.5. The van der Waals surface area contributed by atoms with Crippen LogP contribution in [0.1, 0.15) is 0 Å². The third-order valence-corrected chi connectivity index (χ3v) is 1.74. The summed E-state index contributed by atoms with van der Waals surface area (Å²) in [5, 5.41) is 8.59. The van der Waals surface area contributed by atoms with Gasteiger partial charge in [-0.25, -0.2) is 4.98 Å². The van der Waals surface area contributed by atoms with Crippen LogP contribution in [0.5, 0.6) is 5.75 Å². The molecule has 0 atom stereocenters. The molecular weight excluding hydrogens is 188 g/mol. The second-order valence-corrected chi connectivity index (χ2v) is 2.37. The molecule has 0 aliphatic heterocycles. The van der Waals surface area contributed by atoms with Crippen LogP contribution in [-0.2, 0) is 0 Å². The van der Waals surface area contributed by atoms with Gasteiger partial charge in [0.05, 0.1) is 0 Å². The van der Waals surface area contributed by atoms with Gasteiger partial charge in [-0.3, -0.25) is 0 Å². The topological polar surface area (TPSA) is 42.4 Å². The molecule has 1 radical (unpaired) electrons. The Morgan fingerprint density at radius 3 is 2.91 bits per heavy atom. The van der Waals surface area contributed by atoms with Crippen molar-refractivity contribution in [2.75, 3.05) is 0 Å². The average Bonchev–Trinajstić information content (AvgIpc) is 1.99. The number of nitrogens with zero attached hydrogens (tertiary/aromatic N) is 1. The molecule has 6 heteroatoms. The molecule has 3 nitrogen and oxygen atoms in total. The lowest BCUT2D eigenvalue weighted by Crippen LogP contribution is -2.00. The number of pyridine rings is 1. The summed E-state index contributed by atoms with van der Waals surface area (Å²) in [5.41, 5.74) is 0. The summed E-state index contributed by atoms with van der Waals surface area (Å²) in [6.45, 7) is 0. The molecule has 0 unspecified atom stereocenters. The van der Waals surface area contributed by atoms with E-state index in [1.165, 1.54) is 12.3 Å². The second kappa shape index (κ2) is 3.81. The summed E-state index contributed by atoms with van der Waals surface area (Å²) < 4.78 is 4.59. The van der Waals surface area contributed by atoms with Crippen LogP contribution in [0.2, 0.25) is 10.2 Å². The third kappa shape index (κ3) is 1.99. The van der Waals surface area contributed by atoms with E-state index in [-0.39, 0.29) is 15.9 Å². The Bertz CT molecular complexity index is 258. The fourth-order valence-corrected chi connectivity index (χ4v) is 0.856. The highest BCUT2D eigenvalue weighted by molar-refractivity contribution is 6.42. The van der Waals surface area contributed by atoms with Gasteiger partial charge in [0.2, 0.25) is 0 Å². The number of aromatic nitrogens is 1. The van der Waals surface area contributed by atoms with Crippen molar-refractivity contribution < 1.29 is 9.68 Å². The Kier molecular flexibility index (Phi) is 2.99. The largest absolute Gasteiger partial charge is 0.569 e. The van der Waals surface area contributed by atoms with Crippen molar-refractivity contribution in [2.24, 2.45) is 0 Å². The van der Waals surface area contributed by atoms with Crippen LogP contribution in [0.15, 0.2) is 12.3 Å². The summed E-state index contributed by atoms with van der Waals surface area (Å²) in [6.07, 6.45) is 1.42. The van der Waals surface area contributed by atoms with Gasteiger partial charge >= 0.3 is 7.69 Å². The van der Waals surface area contributed by atoms with Crippen LogP contribution in [-0.4, -0.2) is 17.7 Å². The van der Waals surface area contributed by atoms with Crippen LogP contribution in [0, 0.1) is 0 Å². The molecule has 0 aromatic carbocycles. The second-order valence-electron chi connectivity index (χ2n) is 1.64. The quantitative estimate of drug-likeness (QED) is 0.565. The van der Waals surface area contributed by atoms with Gasteiger partial charge in [-0.15, -0.1) is 0 Å². The molecule has 0 bridgehead atoms. The summed E-state index contributed by atoms with van der Waals surface area (Å²) in [5.74, 6) is 0.272. The van der Waals surface area contributed by atoms with Crippen LogP contribution in [0.25, 0.3) is 0 Å². The molecule has 1 aromatic heterocycles. The molecule has 1 rings (SSSR count). The number of hydrogen-bond acceptors (Lipinski definition) is 3. The molecule has 1 heterocycles. The van der Waals surface area contributed by atoms with Gasteiger partial charge in [0.1, 0.15) is 10.8 Å². The minimum Gasteiger partial charge on any atom is -0.536 e. The molecule has 0 saturated carbocycles. The van der Waals surface area contributed by atoms with E-state index in [0.717, 1.165) is 0 Å². The van der Waals surface area contributed by atoms with E-state index < -0.39 is 0 Å². The van der Waals surface area contributed by atoms with Crippen molar-refractivity contribution in [3.63, 3.8) is 0 Å². The molecule has 0 aliphatic carbocycles. The molecule has 1 aromatic rings. The molecule has 0 spiro atoms. The number of halogens is 2. The third-order valence-electron chi connectivity index (χ3n) is 0.991. The summed E-state index contributed by atoms with van der Waals surface area (Å²) in [6, 6.07) is 1.49. The maximum absolute atomic E-state index is 8.27. The first-order valence-electron chi connectivity index (χ1n) is 2.68. The summed E-state index contributed by atoms with van der Waals surface area (Å²) >= 11 is 11.2. The SMILES string of the molecule is O[B]Oc1ccnc(Cl)c1Cl. The van der Waals surface area contributed by atoms with Crippen LogP contribution < -0.4 is 4.65 Å². The normalized spacial score (nSPS) is 9.36. The first kappa shape index (κ1) is 8.65. The first-order chi connectivity index (χ1) is 5.25. The van der Waals surface area contributed by atoms with E-state index in [1.54, 1.807) is 0 Å². The van der Waals surface area contributed by atoms with Gasteiger partial charge in [0, 0.05) is 6.20 Å². The maximum Gasteiger partial charge on any atom is 0.569 e. The van der Waals surface area contributed by atoms with Crippen LogP contribution >= 0.6 is 23.2 Å². The monoisotopic (exact) mass is 190 g/mol. The van der Waals surface area contributed by atoms with Crippen molar-refractivity contribution in [2.45, 2.75) is 0 Å². The zero-order valence-corrected chi connectivity index (χ0v) is 6.80. The molecule has 0 fully saturated rings. The molecule has 0 saturated heterocycles. The van der Waals surface area contributed by atoms with E-state index >= 15 is 0 Å². The Hall–Kier alpha value is -0.445. The van der Waals surface area contributed by atoms with Gasteiger partial charge in [-0.05, 0) is 6.07 Å². The van der Waals surface area contributed by atoms with Crippen molar-refractivity contribution in [3.8, 4) is 5.75 Å². The van der Waals surface area contributed by atoms with E-state index in [9.17, 15) is 0 Å². The van der Waals surface area contributed by atoms with E-state index in [4.69, 9.17) is 28.2 Å². The summed E-state index contributed by atoms with van der Waals surface area (Å²) in [7, 11) is 0.525. The molecule has 1 N–H and O–H groups in total. The zero-order chi connectivity index (χ0) is 8.27. The van der Waals surface area contributed by atoms with Gasteiger partial charge in [0.15, 0.2) is 5.15 Å². The predicted octanol–water partition coefficient (Wildman–Crippen LogP) is 1.29. The first-order valence-corrected chi connectivity index (χ1v) is 3.44. The minimum atomic E-state index is 0.144. The smallest absolute Gasteiger partial charge is 0.536 e. The number of hydrogen-bond donors (Lipinski definition) is 1. The highest BCUT2D eigenvalue weighted by Crippen LogP contribution is 2.28. The molecule has 57 valence electrons. The predicted molar refractivity (Wildman–Crippen MR) is 42.9 cm³/mol. The van der Waals surface area contributed by atoms with Crippen molar-refractivity contribution >= 4 is 30.9 Å². The van der Waals surface area contributed by atoms with E-state index in [0.29, 0.717) is 7.69 Å². The van der Waals surface area contributed by atoms with Crippen molar-refractivity contribution in [1.82, 2.24) is 4.98 Å². The van der Waals surface area contributed by atoms with Gasteiger partial charge in [0.25, 0.3) is 0 Å². The van der Waals surface area contributed by atoms with Crippen LogP contribution in [0.4, 0.5) is 0 Å². The maximum atomic E-state index is 8.27. The lowest BCUT2D eigenvalue weighted by molar-refractivity contribution is 0.453. The van der Waals surface area contributed by atoms with Crippen molar-refractivity contribution in [1.29, 1.82) is 0 Å². The molecule has 0 aliphatic rings. The van der Waals surface area contributed by atoms with E-state index in [1.807, 2.05) is 0 Å². The van der Waals surface area contributed by atoms with Gasteiger partial charge < -0.3 is 9.68 Å². The molecule has 11 heavy (non-hydrogen) atoms. The minimum absolute atomic E-state index is 0.144. The fourth-order valence-electron chi connectivity index (χ4n) is 0.550. The highest BCUT2D eigenvalue weighted by Gasteiger charge is 2.05. The Morgan fingerprint density at radius 1 is 1.55 bits per heavy atom. The van der Waals surface area contributed by atoms with Crippen LogP contribution in [0.3, 0.4) is 0 Å². The number of rotatable bonds is 2. The lowest BCUT2D eigenvalue weighted by Gasteiger charge is -2.03. The summed E-state index contributed by atoms with van der Waals surface area (Å²) in [4.78, 5) is 3.68. The Labute approximate surface area is 74.2 Å². The average molecular weight is 191 g/mol. The Balaban J connectivity index is 2.96. The standard InChI is InChI=1S/C5H3BCl2NO2/c7-4-3(11-6-10)1-2-9-5(4)8/h1-2,10H. The van der Waals surface area contributed by atoms with E-state index in [2.05, 4.69) is 9.64 Å². The zero-order valence-electron chi connectivity index (χ0n) is 5.29. The van der Waals surface area contributed by atoms with Gasteiger partial charge in [-0.1, -0.05) is 23.2 Å². The Morgan fingerprint density at radius 2 is 2.27 bits per heavy atom. The fraction of sp³-hybridized carbons (Fsp3) is 0. The van der Waals surface area contributed by atoms with Crippen molar-refractivity contribution in [3.05, 3.63) is 22.4 Å². The van der Waals surface area contributed by atoms with Gasteiger partial charge in [-0.2, -0.15) is 0 Å². The molecule has 0 amide bonds. The lowest BCUT2D eigenvalue weighted by atomic mass is 10.4. The molecular formula is C5H3BCl2NO2.